The van der Waals surface area contributed by atoms with Crippen molar-refractivity contribution in [3.63, 3.8) is 0 Å². The van der Waals surface area contributed by atoms with Gasteiger partial charge in [0.15, 0.2) is 0 Å². The van der Waals surface area contributed by atoms with Gasteiger partial charge in [-0.3, -0.25) is 20.0 Å². The van der Waals surface area contributed by atoms with E-state index in [1.807, 2.05) is 36.4 Å². The third-order valence-electron chi connectivity index (χ3n) is 4.30. The monoisotopic (exact) mass is 670 g/mol. The molecule has 0 aliphatic rings. The van der Waals surface area contributed by atoms with Gasteiger partial charge in [0.2, 0.25) is 0 Å². The van der Waals surface area contributed by atoms with Crippen molar-refractivity contribution >= 4 is 70.5 Å². The average Bonchev–Trinajstić information content (AvgIpc) is 2.98. The number of hydrogen-bond acceptors (Lipinski definition) is 8. The maximum Gasteiger partial charge on any atom is 2.00 e. The minimum atomic E-state index is -0.940. The molecule has 0 saturated carbocycles. The number of aromatic nitrogens is 2. The molecule has 0 aliphatic carbocycles. The van der Waals surface area contributed by atoms with E-state index in [1.165, 1.54) is 34.6 Å². The van der Waals surface area contributed by atoms with Crippen LogP contribution >= 0.6 is 24.4 Å². The van der Waals surface area contributed by atoms with Crippen molar-refractivity contribution in [2.45, 2.75) is 0 Å². The van der Waals surface area contributed by atoms with Crippen molar-refractivity contribution in [3.05, 3.63) is 131 Å². The van der Waals surface area contributed by atoms with Gasteiger partial charge in [-0.1, -0.05) is 36.6 Å². The van der Waals surface area contributed by atoms with Crippen LogP contribution in [0.3, 0.4) is 0 Å². The van der Waals surface area contributed by atoms with Crippen molar-refractivity contribution in [1.29, 1.82) is 0 Å². The number of thiocarbonyl (C=S) groups is 2. The van der Waals surface area contributed by atoms with E-state index in [9.17, 15) is 9.59 Å². The minimum Gasteiger partial charge on any atom is -0.753 e. The van der Waals surface area contributed by atoms with Crippen molar-refractivity contribution in [2.75, 3.05) is 0 Å². The molecule has 4 rings (SSSR count). The zero-order valence-corrected chi connectivity index (χ0v) is 24.3. The second-order valence-corrected chi connectivity index (χ2v) is 7.28. The zero-order valence-electron chi connectivity index (χ0n) is 21.0. The van der Waals surface area contributed by atoms with Gasteiger partial charge in [-0.2, -0.15) is 10.3 Å². The summed E-state index contributed by atoms with van der Waals surface area (Å²) in [6, 6.07) is 23.8. The van der Waals surface area contributed by atoms with Gasteiger partial charge in [0.25, 0.3) is 0 Å². The number of carboxylic acids is 2. The summed E-state index contributed by atoms with van der Waals surface area (Å²) in [5.74, 6) is -1.88. The SMILES string of the molecule is O=C(O)c1ccc(N=Cc2ccccn2)cc1.O=C(O)c1ccc(N=Cc2ccccn2)cc1.[N-]=C=S.[N-]=C=S.[Ru+2]. The maximum atomic E-state index is 10.6. The molecule has 0 saturated heterocycles. The molecule has 13 heteroatoms. The number of hydrogen-bond donors (Lipinski definition) is 2. The first-order chi connectivity index (χ1) is 19.3. The molecular weight excluding hydrogens is 650 g/mol. The third kappa shape index (κ3) is 16.1. The standard InChI is InChI=1S/2C13H10N2O2.2CNS.Ru/c2*16-13(17)10-4-6-11(7-5-10)15-9-12-3-1-2-8-14-12;2*2-1-3;/h2*1-9H,(H,16,17);;;/q;;2*-1;+2. The van der Waals surface area contributed by atoms with Crippen molar-refractivity contribution in [2.24, 2.45) is 9.98 Å². The molecule has 0 bridgehead atoms. The minimum absolute atomic E-state index is 0. The molecule has 2 aromatic heterocycles. The summed E-state index contributed by atoms with van der Waals surface area (Å²) in [5.41, 5.74) is 3.41. The van der Waals surface area contributed by atoms with Gasteiger partial charge in [0, 0.05) is 12.4 Å². The molecule has 0 spiro atoms. The second kappa shape index (κ2) is 22.1. The molecule has 0 atom stereocenters. The van der Waals surface area contributed by atoms with Gasteiger partial charge in [0.1, 0.15) is 0 Å². The Morgan fingerprint density at radius 2 is 0.976 bits per heavy atom. The van der Waals surface area contributed by atoms with E-state index in [2.05, 4.69) is 44.4 Å². The van der Waals surface area contributed by atoms with Gasteiger partial charge in [-0.25, -0.2) is 9.59 Å². The van der Waals surface area contributed by atoms with E-state index in [4.69, 9.17) is 21.0 Å². The number of aromatic carboxylic acids is 2. The van der Waals surface area contributed by atoms with Crippen LogP contribution < -0.4 is 0 Å². The van der Waals surface area contributed by atoms with Crippen molar-refractivity contribution < 1.29 is 39.3 Å². The molecule has 4 aromatic rings. The molecular formula is C28H20N6O4RuS2. The Labute approximate surface area is 259 Å². The summed E-state index contributed by atoms with van der Waals surface area (Å²) in [6.07, 6.45) is 6.65. The largest absolute Gasteiger partial charge is 2.00 e. The number of rotatable bonds is 6. The summed E-state index contributed by atoms with van der Waals surface area (Å²) in [4.78, 5) is 37.9. The Morgan fingerprint density at radius 3 is 1.22 bits per heavy atom. The summed E-state index contributed by atoms with van der Waals surface area (Å²) < 4.78 is 0. The molecule has 10 nitrogen and oxygen atoms in total. The first-order valence-electron chi connectivity index (χ1n) is 10.9. The van der Waals surface area contributed by atoms with Crippen LogP contribution in [0.5, 0.6) is 0 Å². The normalized spacial score (nSPS) is 9.17. The number of carbonyl (C=O) groups is 2. The van der Waals surface area contributed by atoms with Crippen molar-refractivity contribution in [1.82, 2.24) is 9.97 Å². The predicted octanol–water partition coefficient (Wildman–Crippen LogP) is 6.38. The van der Waals surface area contributed by atoms with E-state index in [-0.39, 0.29) is 30.6 Å². The van der Waals surface area contributed by atoms with Gasteiger partial charge in [-0.15, -0.1) is 0 Å². The number of nitrogens with zero attached hydrogens (tertiary/aromatic N) is 6. The number of benzene rings is 2. The Kier molecular flexibility index (Phi) is 19.5. The van der Waals surface area contributed by atoms with Crippen molar-refractivity contribution in [3.8, 4) is 0 Å². The van der Waals surface area contributed by atoms with Crippen LogP contribution in [0.25, 0.3) is 10.8 Å². The molecule has 41 heavy (non-hydrogen) atoms. The Hall–Kier alpha value is -4.76. The van der Waals surface area contributed by atoms with Crippen LogP contribution in [0.15, 0.2) is 107 Å². The van der Waals surface area contributed by atoms with E-state index < -0.39 is 11.9 Å². The van der Waals surface area contributed by atoms with Gasteiger partial charge in [0.05, 0.1) is 46.3 Å². The fraction of sp³-hybridized carbons (Fsp3) is 0. The van der Waals surface area contributed by atoms with E-state index in [0.717, 1.165) is 11.4 Å². The average molecular weight is 670 g/mol. The summed E-state index contributed by atoms with van der Waals surface area (Å²) in [5, 5.41) is 34.4. The topological polar surface area (TPSA) is 170 Å². The molecule has 0 radical (unpaired) electrons. The predicted molar refractivity (Wildman–Crippen MR) is 162 cm³/mol. The Morgan fingerprint density at radius 1 is 0.659 bits per heavy atom. The molecule has 206 valence electrons. The number of aliphatic imine (C=N–C) groups is 2. The van der Waals surface area contributed by atoms with Gasteiger partial charge >= 0.3 is 31.4 Å². The van der Waals surface area contributed by atoms with E-state index in [1.54, 1.807) is 49.1 Å². The fourth-order valence-electron chi connectivity index (χ4n) is 2.57. The zero-order chi connectivity index (χ0) is 29.6. The van der Waals surface area contributed by atoms with Crippen LogP contribution in [0.4, 0.5) is 11.4 Å². The second-order valence-electron chi connectivity index (χ2n) is 6.91. The molecule has 0 fully saturated rings. The first-order valence-corrected chi connectivity index (χ1v) is 11.8. The number of pyridine rings is 2. The summed E-state index contributed by atoms with van der Waals surface area (Å²) in [6.45, 7) is 0. The number of isothiocyanates is 2. The molecule has 2 aromatic carbocycles. The van der Waals surface area contributed by atoms with Crippen LogP contribution in [0.1, 0.15) is 32.1 Å². The molecule has 2 N–H and O–H groups in total. The third-order valence-corrected chi connectivity index (χ3v) is 4.30. The molecule has 0 aliphatic heterocycles. The number of carboxylic acid groups (broad SMARTS) is 2. The van der Waals surface area contributed by atoms with E-state index in [0.29, 0.717) is 11.4 Å². The Balaban J connectivity index is 0.000000642. The molecule has 0 amide bonds. The molecule has 0 unspecified atom stereocenters. The summed E-state index contributed by atoms with van der Waals surface area (Å²) >= 11 is 7.40. The van der Waals surface area contributed by atoms with Gasteiger partial charge < -0.3 is 21.0 Å². The first kappa shape index (κ1) is 36.2. The fourth-order valence-corrected chi connectivity index (χ4v) is 2.57. The maximum absolute atomic E-state index is 10.6. The summed E-state index contributed by atoms with van der Waals surface area (Å²) in [7, 11) is 0. The van der Waals surface area contributed by atoms with Crippen LogP contribution in [0, 0.1) is 0 Å². The van der Waals surface area contributed by atoms with Crippen LogP contribution in [-0.4, -0.2) is 54.9 Å². The van der Waals surface area contributed by atoms with Crippen LogP contribution in [-0.2, 0) is 19.5 Å². The van der Waals surface area contributed by atoms with Crippen LogP contribution in [0.2, 0.25) is 0 Å². The smallest absolute Gasteiger partial charge is 0.753 e. The van der Waals surface area contributed by atoms with E-state index >= 15 is 0 Å². The molecule has 2 heterocycles. The van der Waals surface area contributed by atoms with Gasteiger partial charge in [-0.05, 0) is 72.8 Å². The Bertz CT molecular complexity index is 1360. The quantitative estimate of drug-likeness (QED) is 0.135.